The van der Waals surface area contributed by atoms with Gasteiger partial charge in [0.1, 0.15) is 19.3 Å². The van der Waals surface area contributed by atoms with Gasteiger partial charge in [0, 0.05) is 12.8 Å². The number of nitrogens with zero attached hydrogens (tertiary/aromatic N) is 1. The Morgan fingerprint density at radius 1 is 0.419 bits per heavy atom. The first-order chi connectivity index (χ1) is 41.9. The van der Waals surface area contributed by atoms with Crippen LogP contribution < -0.4 is 10.2 Å². The molecule has 0 fully saturated rings. The van der Waals surface area contributed by atoms with E-state index in [4.69, 9.17) is 13.8 Å². The smallest absolute Gasteiger partial charge is 0.306 e. The fourth-order valence-electron chi connectivity index (χ4n) is 10.8. The minimum absolute atomic E-state index is 0.0273. The molecule has 0 aromatic heterocycles. The molecule has 0 aromatic carbocycles. The monoisotopic (exact) mass is 1230 g/mol. The minimum Gasteiger partial charge on any atom is -0.756 e. The number of allylic oxidation sites excluding steroid dienone is 11. The Morgan fingerprint density at radius 2 is 0.744 bits per heavy atom. The van der Waals surface area contributed by atoms with Gasteiger partial charge in [0.2, 0.25) is 5.91 Å². The van der Waals surface area contributed by atoms with Gasteiger partial charge in [-0.1, -0.05) is 332 Å². The van der Waals surface area contributed by atoms with Gasteiger partial charge in [-0.15, -0.1) is 0 Å². The van der Waals surface area contributed by atoms with Crippen molar-refractivity contribution in [1.82, 2.24) is 5.32 Å². The molecule has 86 heavy (non-hydrogen) atoms. The van der Waals surface area contributed by atoms with Crippen LogP contribution in [0.25, 0.3) is 0 Å². The average molecular weight is 1230 g/mol. The summed E-state index contributed by atoms with van der Waals surface area (Å²) in [6.07, 6.45) is 86.1. The zero-order chi connectivity index (χ0) is 62.8. The molecule has 1 N–H and O–H groups in total. The number of phosphoric ester groups is 1. The first-order valence-electron chi connectivity index (χ1n) is 36.7. The quantitative estimate of drug-likeness (QED) is 0.0212. The number of hydrogen-bond donors (Lipinski definition) is 1. The number of unbranched alkanes of at least 4 members (excludes halogenated alkanes) is 41. The minimum atomic E-state index is -4.71. The molecule has 0 rings (SSSR count). The molecule has 0 bridgehead atoms. The van der Waals surface area contributed by atoms with Crippen LogP contribution in [0.2, 0.25) is 0 Å². The zero-order valence-corrected chi connectivity index (χ0v) is 58.4. The van der Waals surface area contributed by atoms with Crippen molar-refractivity contribution >= 4 is 19.7 Å². The highest BCUT2D eigenvalue weighted by molar-refractivity contribution is 7.45. The number of hydrogen-bond acceptors (Lipinski definition) is 7. The van der Waals surface area contributed by atoms with E-state index in [-0.39, 0.29) is 24.9 Å². The lowest BCUT2D eigenvalue weighted by atomic mass is 10.0. The Bertz CT molecular complexity index is 1700. The summed E-state index contributed by atoms with van der Waals surface area (Å²) in [4.78, 5) is 40.2. The van der Waals surface area contributed by atoms with Crippen molar-refractivity contribution in [2.75, 3.05) is 40.9 Å². The van der Waals surface area contributed by atoms with Gasteiger partial charge in [-0.05, 0) is 76.7 Å². The molecule has 9 nitrogen and oxygen atoms in total. The molecule has 0 aromatic rings. The molecule has 0 saturated carbocycles. The summed E-state index contributed by atoms with van der Waals surface area (Å²) in [7, 11) is 1.18. The van der Waals surface area contributed by atoms with Gasteiger partial charge >= 0.3 is 5.97 Å². The van der Waals surface area contributed by atoms with E-state index in [9.17, 15) is 19.0 Å². The lowest BCUT2D eigenvalue weighted by Crippen LogP contribution is -2.47. The highest BCUT2D eigenvalue weighted by Crippen LogP contribution is 2.38. The summed E-state index contributed by atoms with van der Waals surface area (Å²) < 4.78 is 30.5. The lowest BCUT2D eigenvalue weighted by molar-refractivity contribution is -0.870. The predicted molar refractivity (Wildman–Crippen MR) is 372 cm³/mol. The highest BCUT2D eigenvalue weighted by Gasteiger charge is 2.27. The van der Waals surface area contributed by atoms with Crippen LogP contribution in [-0.2, 0) is 27.9 Å². The third kappa shape index (κ3) is 65.9. The molecule has 0 aliphatic rings. The van der Waals surface area contributed by atoms with E-state index in [1.807, 2.05) is 33.3 Å². The van der Waals surface area contributed by atoms with Crippen LogP contribution in [0.1, 0.15) is 348 Å². The van der Waals surface area contributed by atoms with Crippen molar-refractivity contribution in [3.63, 3.8) is 0 Å². The van der Waals surface area contributed by atoms with Gasteiger partial charge in [0.05, 0.1) is 33.8 Å². The summed E-state index contributed by atoms with van der Waals surface area (Å²) in [5, 5.41) is 3.04. The maximum Gasteiger partial charge on any atom is 0.306 e. The Balaban J connectivity index is 5.01. The van der Waals surface area contributed by atoms with Crippen LogP contribution in [0.3, 0.4) is 0 Å². The molecule has 1 amide bonds. The van der Waals surface area contributed by atoms with Gasteiger partial charge in [0.15, 0.2) is 0 Å². The number of nitrogens with one attached hydrogen (secondary N) is 1. The van der Waals surface area contributed by atoms with Crippen molar-refractivity contribution < 1.29 is 37.3 Å². The first-order valence-corrected chi connectivity index (χ1v) is 38.2. The second kappa shape index (κ2) is 65.4. The maximum absolute atomic E-state index is 13.6. The molecule has 0 heterocycles. The molecular weight excluding hydrogens is 1080 g/mol. The summed E-state index contributed by atoms with van der Waals surface area (Å²) in [6, 6.07) is -0.901. The fourth-order valence-corrected chi connectivity index (χ4v) is 11.5. The molecule has 0 aliphatic carbocycles. The van der Waals surface area contributed by atoms with Crippen LogP contribution in [0.15, 0.2) is 72.9 Å². The van der Waals surface area contributed by atoms with E-state index in [2.05, 4.69) is 86.8 Å². The number of esters is 1. The summed E-state index contributed by atoms with van der Waals surface area (Å²) in [6.45, 7) is 6.76. The number of carbonyl (C=O) groups excluding carboxylic acids is 2. The standard InChI is InChI=1S/C76H141N2O7P/c1-7-10-13-16-19-22-25-28-30-32-34-36-37-38-39-40-41-43-45-47-49-51-54-57-60-63-66-69-76(80)85-74(67-64-61-58-55-52-27-24-21-18-15-12-9-3)73(72-84-86(81,82)83-71-70-78(4,5)6)77-75(79)68-65-62-59-56-53-50-48-46-44-42-35-33-31-29-26-23-20-17-14-11-8-2/h11,14,20,23,29,31,35,42,46,48,64,67,73-74H,7-10,12-13,15-19,21-22,24-28,30,32-34,36-41,43-45,47,49-63,65-66,68-72H2,1-6H3,(H-,77,79,81,82)/b14-11-,23-20-,31-29-,42-35-,48-46-,67-64-. The van der Waals surface area contributed by atoms with E-state index < -0.39 is 26.6 Å². The molecule has 0 radical (unpaired) electrons. The Morgan fingerprint density at radius 3 is 1.12 bits per heavy atom. The third-order valence-corrected chi connectivity index (χ3v) is 17.4. The van der Waals surface area contributed by atoms with Gasteiger partial charge in [-0.2, -0.15) is 0 Å². The lowest BCUT2D eigenvalue weighted by Gasteiger charge is -2.30. The number of carbonyl (C=O) groups is 2. The SMILES string of the molecule is CC/C=C\C/C=C\C/C=C\C/C=C\C/C=C\CCCCCCCC(=O)NC(COP(=O)([O-])OCC[N+](C)(C)C)C(/C=C\CCCCCCCCCCCC)OC(=O)CCCCCCCCCCCCCCCCCCCCCCCCCCCCC. The molecular formula is C76H141N2O7P. The largest absolute Gasteiger partial charge is 0.756 e. The van der Waals surface area contributed by atoms with Gasteiger partial charge < -0.3 is 28.5 Å². The summed E-state index contributed by atoms with van der Waals surface area (Å²) in [5.74, 6) is -0.551. The Labute approximate surface area is 533 Å². The number of quaternary nitrogens is 1. The normalized spacial score (nSPS) is 13.9. The van der Waals surface area contributed by atoms with Crippen molar-refractivity contribution in [2.45, 2.75) is 360 Å². The topological polar surface area (TPSA) is 114 Å². The number of ether oxygens (including phenoxy) is 1. The fraction of sp³-hybridized carbons (Fsp3) is 0.816. The predicted octanol–water partition coefficient (Wildman–Crippen LogP) is 22.9. The van der Waals surface area contributed by atoms with E-state index >= 15 is 0 Å². The van der Waals surface area contributed by atoms with Crippen LogP contribution >= 0.6 is 7.82 Å². The molecule has 0 saturated heterocycles. The maximum atomic E-state index is 13.6. The van der Waals surface area contributed by atoms with Crippen LogP contribution in [0.5, 0.6) is 0 Å². The Kier molecular flexibility index (Phi) is 63.5. The average Bonchev–Trinajstić information content (AvgIpc) is 3.66. The van der Waals surface area contributed by atoms with E-state index in [1.165, 1.54) is 205 Å². The van der Waals surface area contributed by atoms with E-state index in [1.54, 1.807) is 0 Å². The number of phosphoric acid groups is 1. The van der Waals surface area contributed by atoms with Crippen LogP contribution in [0.4, 0.5) is 0 Å². The second-order valence-corrected chi connectivity index (χ2v) is 27.5. The Hall–Kier alpha value is -2.55. The van der Waals surface area contributed by atoms with E-state index in [0.717, 1.165) is 103 Å². The number of rotatable bonds is 67. The second-order valence-electron chi connectivity index (χ2n) is 26.1. The van der Waals surface area contributed by atoms with Crippen molar-refractivity contribution in [3.8, 4) is 0 Å². The molecule has 502 valence electrons. The van der Waals surface area contributed by atoms with E-state index in [0.29, 0.717) is 23.9 Å². The molecule has 3 unspecified atom stereocenters. The molecule has 3 atom stereocenters. The van der Waals surface area contributed by atoms with Gasteiger partial charge in [-0.3, -0.25) is 14.2 Å². The van der Waals surface area contributed by atoms with Crippen molar-refractivity contribution in [2.24, 2.45) is 0 Å². The number of likely N-dealkylation sites (N-methyl/N-ethyl adjacent to an activating group) is 1. The van der Waals surface area contributed by atoms with Crippen LogP contribution in [-0.4, -0.2) is 69.4 Å². The van der Waals surface area contributed by atoms with Crippen molar-refractivity contribution in [1.29, 1.82) is 0 Å². The summed E-state index contributed by atoms with van der Waals surface area (Å²) >= 11 is 0. The first kappa shape index (κ1) is 83.5. The highest BCUT2D eigenvalue weighted by atomic mass is 31.2. The van der Waals surface area contributed by atoms with Crippen LogP contribution in [0, 0.1) is 0 Å². The zero-order valence-electron chi connectivity index (χ0n) is 57.5. The van der Waals surface area contributed by atoms with Gasteiger partial charge in [-0.25, -0.2) is 0 Å². The summed E-state index contributed by atoms with van der Waals surface area (Å²) in [5.41, 5.74) is 0. The van der Waals surface area contributed by atoms with Gasteiger partial charge in [0.25, 0.3) is 7.82 Å². The molecule has 0 spiro atoms. The molecule has 0 aliphatic heterocycles. The van der Waals surface area contributed by atoms with Crippen molar-refractivity contribution in [3.05, 3.63) is 72.9 Å². The third-order valence-electron chi connectivity index (χ3n) is 16.4. The number of amides is 1. The molecule has 10 heteroatoms.